The van der Waals surface area contributed by atoms with E-state index in [1.807, 2.05) is 24.7 Å². The van der Waals surface area contributed by atoms with Gasteiger partial charge >= 0.3 is 0 Å². The van der Waals surface area contributed by atoms with E-state index in [0.29, 0.717) is 5.88 Å². The average Bonchev–Trinajstić information content (AvgIpc) is 2.71. The zero-order chi connectivity index (χ0) is 14.8. The Labute approximate surface area is 134 Å². The Bertz CT molecular complexity index is 574. The minimum absolute atomic E-state index is 0.0500. The summed E-state index contributed by atoms with van der Waals surface area (Å²) in [5, 5.41) is 4.48. The van der Waals surface area contributed by atoms with Gasteiger partial charge in [0.1, 0.15) is 0 Å². The molecule has 108 valence electrons. The molecule has 4 heteroatoms. The van der Waals surface area contributed by atoms with Gasteiger partial charge in [-0.15, -0.1) is 11.6 Å². The van der Waals surface area contributed by atoms with Crippen molar-refractivity contribution >= 4 is 27.5 Å². The predicted molar refractivity (Wildman–Crippen MR) is 88.5 cm³/mol. The molecule has 0 radical (unpaired) electrons. The van der Waals surface area contributed by atoms with E-state index in [9.17, 15) is 0 Å². The van der Waals surface area contributed by atoms with E-state index in [4.69, 9.17) is 11.6 Å². The zero-order valence-corrected chi connectivity index (χ0v) is 14.5. The van der Waals surface area contributed by atoms with Crippen LogP contribution in [0, 0.1) is 6.92 Å². The lowest BCUT2D eigenvalue weighted by molar-refractivity contribution is 0.442. The van der Waals surface area contributed by atoms with Gasteiger partial charge in [0.05, 0.1) is 15.9 Å². The third-order valence-corrected chi connectivity index (χ3v) is 5.63. The molecule has 2 aromatic rings. The predicted octanol–water partition coefficient (Wildman–Crippen LogP) is 4.62. The number of aryl methyl sites for hydroxylation is 2. The second kappa shape index (κ2) is 6.31. The quantitative estimate of drug-likeness (QED) is 0.716. The molecule has 0 aliphatic rings. The summed E-state index contributed by atoms with van der Waals surface area (Å²) in [5.41, 5.74) is 3.47. The van der Waals surface area contributed by atoms with Crippen LogP contribution in [0.5, 0.6) is 0 Å². The van der Waals surface area contributed by atoms with Crippen molar-refractivity contribution in [2.24, 2.45) is 7.05 Å². The molecule has 0 N–H and O–H groups in total. The van der Waals surface area contributed by atoms with E-state index in [1.165, 1.54) is 11.3 Å². The van der Waals surface area contributed by atoms with Crippen molar-refractivity contribution < 1.29 is 0 Å². The SMILES string of the molecule is CCC(CCl)(Cc1c(Br)c(C)nn1C)c1ccccc1. The van der Waals surface area contributed by atoms with Gasteiger partial charge in [-0.05, 0) is 34.8 Å². The van der Waals surface area contributed by atoms with Crippen LogP contribution in [0.15, 0.2) is 34.8 Å². The van der Waals surface area contributed by atoms with Gasteiger partial charge in [-0.2, -0.15) is 5.10 Å². The number of nitrogens with zero attached hydrogens (tertiary/aromatic N) is 2. The molecule has 2 nitrogen and oxygen atoms in total. The van der Waals surface area contributed by atoms with Crippen molar-refractivity contribution in [3.8, 4) is 0 Å². The number of hydrogen-bond acceptors (Lipinski definition) is 1. The maximum atomic E-state index is 6.38. The van der Waals surface area contributed by atoms with Gasteiger partial charge in [-0.3, -0.25) is 4.68 Å². The van der Waals surface area contributed by atoms with Crippen LogP contribution in [0.3, 0.4) is 0 Å². The Morgan fingerprint density at radius 2 is 1.95 bits per heavy atom. The third-order valence-electron chi connectivity index (χ3n) is 4.09. The summed E-state index contributed by atoms with van der Waals surface area (Å²) in [4.78, 5) is 0. The molecule has 1 unspecified atom stereocenters. The van der Waals surface area contributed by atoms with Crippen molar-refractivity contribution in [2.75, 3.05) is 5.88 Å². The fourth-order valence-electron chi connectivity index (χ4n) is 2.63. The molecule has 0 fully saturated rings. The fraction of sp³-hybridized carbons (Fsp3) is 0.438. The molecule has 1 aromatic heterocycles. The van der Waals surface area contributed by atoms with Gasteiger partial charge in [0.25, 0.3) is 0 Å². The molecule has 0 aliphatic carbocycles. The number of halogens is 2. The van der Waals surface area contributed by atoms with Crippen LogP contribution < -0.4 is 0 Å². The summed E-state index contributed by atoms with van der Waals surface area (Å²) in [5.74, 6) is 0.601. The molecule has 1 heterocycles. The van der Waals surface area contributed by atoms with Crippen LogP contribution in [0.25, 0.3) is 0 Å². The lowest BCUT2D eigenvalue weighted by Gasteiger charge is -2.31. The van der Waals surface area contributed by atoms with E-state index < -0.39 is 0 Å². The first kappa shape index (κ1) is 15.6. The normalized spacial score (nSPS) is 14.2. The van der Waals surface area contributed by atoms with E-state index in [-0.39, 0.29) is 5.41 Å². The molecule has 20 heavy (non-hydrogen) atoms. The smallest absolute Gasteiger partial charge is 0.0738 e. The number of aromatic nitrogens is 2. The van der Waals surface area contributed by atoms with E-state index >= 15 is 0 Å². The molecular formula is C16H20BrClN2. The first-order valence-electron chi connectivity index (χ1n) is 6.83. The summed E-state index contributed by atoms with van der Waals surface area (Å²) >= 11 is 10.0. The van der Waals surface area contributed by atoms with Crippen LogP contribution >= 0.6 is 27.5 Å². The second-order valence-corrected chi connectivity index (χ2v) is 6.34. The van der Waals surface area contributed by atoms with Crippen molar-refractivity contribution in [1.29, 1.82) is 0 Å². The van der Waals surface area contributed by atoms with Gasteiger partial charge in [0.2, 0.25) is 0 Å². The van der Waals surface area contributed by atoms with Crippen molar-refractivity contribution in [1.82, 2.24) is 9.78 Å². The molecule has 1 aromatic carbocycles. The maximum Gasteiger partial charge on any atom is 0.0738 e. The average molecular weight is 356 g/mol. The third kappa shape index (κ3) is 2.79. The Balaban J connectivity index is 2.45. The first-order chi connectivity index (χ1) is 9.54. The molecule has 0 spiro atoms. The number of benzene rings is 1. The lowest BCUT2D eigenvalue weighted by Crippen LogP contribution is -2.31. The summed E-state index contributed by atoms with van der Waals surface area (Å²) in [6, 6.07) is 10.5. The highest BCUT2D eigenvalue weighted by atomic mass is 79.9. The maximum absolute atomic E-state index is 6.38. The monoisotopic (exact) mass is 354 g/mol. The molecular weight excluding hydrogens is 336 g/mol. The Kier molecular flexibility index (Phi) is 4.92. The van der Waals surface area contributed by atoms with Gasteiger partial charge in [0, 0.05) is 24.8 Å². The Morgan fingerprint density at radius 3 is 2.40 bits per heavy atom. The van der Waals surface area contributed by atoms with E-state index in [2.05, 4.69) is 52.2 Å². The molecule has 1 atom stereocenters. The van der Waals surface area contributed by atoms with Crippen molar-refractivity contribution in [3.05, 3.63) is 51.8 Å². The van der Waals surface area contributed by atoms with Crippen molar-refractivity contribution in [2.45, 2.75) is 32.1 Å². The molecule has 0 aliphatic heterocycles. The standard InChI is InChI=1S/C16H20BrClN2/c1-4-16(11-18,13-8-6-5-7-9-13)10-14-15(17)12(2)19-20(14)3/h5-9H,4,10-11H2,1-3H3. The number of rotatable bonds is 5. The van der Waals surface area contributed by atoms with E-state index in [1.54, 1.807) is 0 Å². The summed E-state index contributed by atoms with van der Waals surface area (Å²) in [6.45, 7) is 4.22. The molecule has 0 bridgehead atoms. The highest BCUT2D eigenvalue weighted by Crippen LogP contribution is 2.35. The number of hydrogen-bond donors (Lipinski definition) is 0. The highest BCUT2D eigenvalue weighted by Gasteiger charge is 2.32. The summed E-state index contributed by atoms with van der Waals surface area (Å²) in [7, 11) is 1.99. The Hall–Kier alpha value is -0.800. The molecule has 0 amide bonds. The minimum atomic E-state index is -0.0500. The second-order valence-electron chi connectivity index (χ2n) is 5.28. The topological polar surface area (TPSA) is 17.8 Å². The van der Waals surface area contributed by atoms with E-state index in [0.717, 1.165) is 23.0 Å². The molecule has 0 saturated heterocycles. The zero-order valence-electron chi connectivity index (χ0n) is 12.2. The molecule has 0 saturated carbocycles. The van der Waals surface area contributed by atoms with Crippen molar-refractivity contribution in [3.63, 3.8) is 0 Å². The van der Waals surface area contributed by atoms with Gasteiger partial charge in [-0.25, -0.2) is 0 Å². The Morgan fingerprint density at radius 1 is 1.30 bits per heavy atom. The van der Waals surface area contributed by atoms with Crippen LogP contribution in [-0.4, -0.2) is 15.7 Å². The van der Waals surface area contributed by atoms with Crippen LogP contribution in [0.4, 0.5) is 0 Å². The summed E-state index contributed by atoms with van der Waals surface area (Å²) in [6.07, 6.45) is 1.88. The van der Waals surface area contributed by atoms with Gasteiger partial charge in [0.15, 0.2) is 0 Å². The highest BCUT2D eigenvalue weighted by molar-refractivity contribution is 9.10. The first-order valence-corrected chi connectivity index (χ1v) is 8.16. The largest absolute Gasteiger partial charge is 0.271 e. The van der Waals surface area contributed by atoms with Gasteiger partial charge < -0.3 is 0 Å². The lowest BCUT2D eigenvalue weighted by atomic mass is 9.76. The fourth-order valence-corrected chi connectivity index (χ4v) is 3.55. The van der Waals surface area contributed by atoms with Crippen LogP contribution in [-0.2, 0) is 18.9 Å². The summed E-state index contributed by atoms with van der Waals surface area (Å²) < 4.78 is 3.05. The number of alkyl halides is 1. The molecule has 2 rings (SSSR count). The van der Waals surface area contributed by atoms with Gasteiger partial charge in [-0.1, -0.05) is 37.3 Å². The van der Waals surface area contributed by atoms with Crippen LogP contribution in [0.2, 0.25) is 0 Å². The van der Waals surface area contributed by atoms with Crippen LogP contribution in [0.1, 0.15) is 30.3 Å². The minimum Gasteiger partial charge on any atom is -0.271 e.